The molecule has 0 radical (unpaired) electrons. The van der Waals surface area contributed by atoms with Crippen LogP contribution in [0.1, 0.15) is 35.3 Å². The van der Waals surface area contributed by atoms with E-state index in [1.54, 1.807) is 19.2 Å². The van der Waals surface area contributed by atoms with Gasteiger partial charge >= 0.3 is 0 Å². The fourth-order valence-electron chi connectivity index (χ4n) is 3.80. The zero-order valence-electron chi connectivity index (χ0n) is 17.5. The predicted octanol–water partition coefficient (Wildman–Crippen LogP) is 5.50. The van der Waals surface area contributed by atoms with Crippen LogP contribution in [0.5, 0.6) is 11.5 Å². The van der Waals surface area contributed by atoms with Gasteiger partial charge in [-0.2, -0.15) is 0 Å². The van der Waals surface area contributed by atoms with Gasteiger partial charge in [0.25, 0.3) is 5.91 Å². The van der Waals surface area contributed by atoms with Crippen LogP contribution in [0, 0.1) is 0 Å². The number of carbonyl (C=O) groups excluding carboxylic acids is 1. The third kappa shape index (κ3) is 3.94. The van der Waals surface area contributed by atoms with Crippen molar-refractivity contribution in [3.63, 3.8) is 0 Å². The van der Waals surface area contributed by atoms with Crippen LogP contribution in [-0.4, -0.2) is 23.1 Å². The highest BCUT2D eigenvalue weighted by molar-refractivity contribution is 6.10. The van der Waals surface area contributed by atoms with Gasteiger partial charge < -0.3 is 15.2 Å². The average molecular weight is 412 g/mol. The number of pyridine rings is 1. The summed E-state index contributed by atoms with van der Waals surface area (Å²) in [5.74, 6) is 0.0641. The summed E-state index contributed by atoms with van der Waals surface area (Å²) in [6, 6.07) is 24.3. The molecule has 0 unspecified atom stereocenters. The van der Waals surface area contributed by atoms with Crippen molar-refractivity contribution in [1.29, 1.82) is 0 Å². The molecule has 4 rings (SSSR count). The first-order chi connectivity index (χ1) is 15.1. The van der Waals surface area contributed by atoms with Gasteiger partial charge in [0.15, 0.2) is 5.75 Å². The average Bonchev–Trinajstić information content (AvgIpc) is 2.82. The first kappa shape index (κ1) is 20.4. The number of nitrogens with one attached hydrogen (secondary N) is 1. The molecule has 0 aliphatic carbocycles. The van der Waals surface area contributed by atoms with Gasteiger partial charge in [-0.3, -0.25) is 4.79 Å². The van der Waals surface area contributed by atoms with E-state index in [1.807, 2.05) is 73.7 Å². The van der Waals surface area contributed by atoms with Gasteiger partial charge in [0.2, 0.25) is 0 Å². The van der Waals surface area contributed by atoms with E-state index in [-0.39, 0.29) is 23.3 Å². The summed E-state index contributed by atoms with van der Waals surface area (Å²) in [6.07, 6.45) is 0.721. The van der Waals surface area contributed by atoms with Crippen molar-refractivity contribution in [3.8, 4) is 22.8 Å². The van der Waals surface area contributed by atoms with Gasteiger partial charge in [-0.05, 0) is 30.2 Å². The molecule has 0 bridgehead atoms. The highest BCUT2D eigenvalue weighted by Crippen LogP contribution is 2.39. The number of hydrogen-bond donors (Lipinski definition) is 2. The first-order valence-electron chi connectivity index (χ1n) is 10.2. The van der Waals surface area contributed by atoms with Gasteiger partial charge in [0.05, 0.1) is 24.2 Å². The molecule has 2 N–H and O–H groups in total. The molecule has 0 spiro atoms. The number of benzene rings is 3. The van der Waals surface area contributed by atoms with Gasteiger partial charge in [-0.15, -0.1) is 0 Å². The van der Waals surface area contributed by atoms with Crippen molar-refractivity contribution in [1.82, 2.24) is 10.3 Å². The maximum Gasteiger partial charge on any atom is 0.256 e. The van der Waals surface area contributed by atoms with Crippen LogP contribution in [0.4, 0.5) is 0 Å². The second kappa shape index (κ2) is 8.88. The maximum atomic E-state index is 13.4. The molecule has 156 valence electrons. The number of rotatable bonds is 6. The number of aromatic nitrogens is 1. The second-order valence-electron chi connectivity index (χ2n) is 7.25. The number of nitrogens with zero attached hydrogens (tertiary/aromatic N) is 1. The van der Waals surface area contributed by atoms with Crippen molar-refractivity contribution in [3.05, 3.63) is 90.0 Å². The zero-order valence-corrected chi connectivity index (χ0v) is 17.5. The molecule has 0 fully saturated rings. The number of fused-ring (bicyclic) bond motifs is 1. The summed E-state index contributed by atoms with van der Waals surface area (Å²) < 4.78 is 5.46. The van der Waals surface area contributed by atoms with Gasteiger partial charge in [-0.25, -0.2) is 4.98 Å². The van der Waals surface area contributed by atoms with Crippen LogP contribution < -0.4 is 10.1 Å². The molecule has 1 amide bonds. The Labute approximate surface area is 181 Å². The van der Waals surface area contributed by atoms with Crippen molar-refractivity contribution < 1.29 is 14.6 Å². The Morgan fingerprint density at radius 3 is 2.42 bits per heavy atom. The minimum atomic E-state index is -0.344. The van der Waals surface area contributed by atoms with Crippen molar-refractivity contribution in [2.24, 2.45) is 0 Å². The molecule has 31 heavy (non-hydrogen) atoms. The van der Waals surface area contributed by atoms with Crippen LogP contribution >= 0.6 is 0 Å². The van der Waals surface area contributed by atoms with E-state index in [0.717, 1.165) is 12.0 Å². The van der Waals surface area contributed by atoms with Crippen LogP contribution in [0.15, 0.2) is 78.9 Å². The lowest BCUT2D eigenvalue weighted by Crippen LogP contribution is -2.28. The van der Waals surface area contributed by atoms with E-state index in [2.05, 4.69) is 10.3 Å². The highest BCUT2D eigenvalue weighted by Gasteiger charge is 2.24. The molecule has 0 saturated heterocycles. The van der Waals surface area contributed by atoms with E-state index in [0.29, 0.717) is 27.9 Å². The Hall–Kier alpha value is -3.86. The third-order valence-electron chi connectivity index (χ3n) is 5.37. The van der Waals surface area contributed by atoms with Crippen LogP contribution in [0.3, 0.4) is 0 Å². The molecule has 1 heterocycles. The van der Waals surface area contributed by atoms with E-state index in [1.165, 1.54) is 0 Å². The van der Waals surface area contributed by atoms with E-state index >= 15 is 0 Å². The number of amides is 1. The summed E-state index contributed by atoms with van der Waals surface area (Å²) in [4.78, 5) is 18.1. The van der Waals surface area contributed by atoms with E-state index in [9.17, 15) is 9.90 Å². The van der Waals surface area contributed by atoms with Crippen molar-refractivity contribution in [2.75, 3.05) is 7.11 Å². The highest BCUT2D eigenvalue weighted by atomic mass is 16.5. The molecule has 1 atom stereocenters. The third-order valence-corrected chi connectivity index (χ3v) is 5.37. The normalized spacial score (nSPS) is 11.8. The monoisotopic (exact) mass is 412 g/mol. The van der Waals surface area contributed by atoms with Gasteiger partial charge in [-0.1, -0.05) is 67.6 Å². The summed E-state index contributed by atoms with van der Waals surface area (Å²) in [7, 11) is 1.57. The Bertz CT molecular complexity index is 1220. The molecule has 0 aliphatic heterocycles. The smallest absolute Gasteiger partial charge is 0.256 e. The summed E-state index contributed by atoms with van der Waals surface area (Å²) in [5.41, 5.74) is 2.78. The minimum Gasteiger partial charge on any atom is -0.505 e. The molecule has 4 aromatic rings. The quantitative estimate of drug-likeness (QED) is 0.439. The fourth-order valence-corrected chi connectivity index (χ4v) is 3.80. The standard InChI is InChI=1S/C26H24N2O3/c1-3-20(17-11-5-4-6-12-17)28-26(30)23-18-13-7-9-15-21(18)27-24(25(23)29)19-14-8-10-16-22(19)31-2/h4-16,20,29H,3H2,1-2H3,(H,28,30)/t20-/m0/s1. The lowest BCUT2D eigenvalue weighted by molar-refractivity contribution is 0.0934. The Kier molecular flexibility index (Phi) is 5.85. The lowest BCUT2D eigenvalue weighted by Gasteiger charge is -2.20. The minimum absolute atomic E-state index is 0.163. The van der Waals surface area contributed by atoms with Crippen LogP contribution in [0.2, 0.25) is 0 Å². The molecule has 0 saturated carbocycles. The number of hydrogen-bond acceptors (Lipinski definition) is 4. The molecule has 1 aromatic heterocycles. The largest absolute Gasteiger partial charge is 0.505 e. The van der Waals surface area contributed by atoms with Gasteiger partial charge in [0.1, 0.15) is 11.4 Å². The van der Waals surface area contributed by atoms with Crippen LogP contribution in [0.25, 0.3) is 22.2 Å². The van der Waals surface area contributed by atoms with Crippen LogP contribution in [-0.2, 0) is 0 Å². The van der Waals surface area contributed by atoms with Crippen molar-refractivity contribution in [2.45, 2.75) is 19.4 Å². The Balaban J connectivity index is 1.85. The topological polar surface area (TPSA) is 71.5 Å². The summed E-state index contributed by atoms with van der Waals surface area (Å²) >= 11 is 0. The zero-order chi connectivity index (χ0) is 21.8. The fraction of sp³-hybridized carbons (Fsp3) is 0.154. The number of para-hydroxylation sites is 2. The number of carbonyl (C=O) groups is 1. The van der Waals surface area contributed by atoms with Crippen molar-refractivity contribution >= 4 is 16.8 Å². The molecule has 5 heteroatoms. The van der Waals surface area contributed by atoms with E-state index < -0.39 is 0 Å². The summed E-state index contributed by atoms with van der Waals surface area (Å²) in [5, 5.41) is 14.9. The SMILES string of the molecule is CC[C@H](NC(=O)c1c(O)c(-c2ccccc2OC)nc2ccccc12)c1ccccc1. The number of ether oxygens (including phenoxy) is 1. The molecule has 5 nitrogen and oxygen atoms in total. The Morgan fingerprint density at radius 1 is 1.00 bits per heavy atom. The molecule has 0 aliphatic rings. The Morgan fingerprint density at radius 2 is 1.68 bits per heavy atom. The molecular weight excluding hydrogens is 388 g/mol. The predicted molar refractivity (Wildman–Crippen MR) is 122 cm³/mol. The second-order valence-corrected chi connectivity index (χ2v) is 7.25. The number of aromatic hydroxyl groups is 1. The van der Waals surface area contributed by atoms with E-state index in [4.69, 9.17) is 4.74 Å². The van der Waals surface area contributed by atoms with Gasteiger partial charge in [0, 0.05) is 10.9 Å². The molecule has 3 aromatic carbocycles. The number of methoxy groups -OCH3 is 1. The summed E-state index contributed by atoms with van der Waals surface area (Å²) in [6.45, 7) is 2.02. The molecular formula is C26H24N2O3. The maximum absolute atomic E-state index is 13.4. The first-order valence-corrected chi connectivity index (χ1v) is 10.2. The lowest BCUT2D eigenvalue weighted by atomic mass is 9.99.